The summed E-state index contributed by atoms with van der Waals surface area (Å²) in [4.78, 5) is -0.315. The maximum Gasteiger partial charge on any atom is 0.243 e. The molecule has 4 nitrogen and oxygen atoms in total. The summed E-state index contributed by atoms with van der Waals surface area (Å²) in [6.07, 6.45) is 0.521. The smallest absolute Gasteiger partial charge is 0.243 e. The SMILES string of the molecule is Cc1ccc(F)c(S(=O)(=O)NCCCN)c1. The lowest BCUT2D eigenvalue weighted by molar-refractivity contribution is 0.555. The van der Waals surface area contributed by atoms with Crippen LogP contribution in [-0.2, 0) is 10.0 Å². The Balaban J connectivity index is 2.93. The number of aryl methyl sites for hydroxylation is 1. The van der Waals surface area contributed by atoms with Crippen molar-refractivity contribution in [1.29, 1.82) is 0 Å². The molecule has 0 bridgehead atoms. The first-order chi connectivity index (χ1) is 7.47. The molecular formula is C10H15FN2O2S. The minimum absolute atomic E-state index is 0.214. The maximum atomic E-state index is 13.3. The van der Waals surface area contributed by atoms with Gasteiger partial charge in [0.15, 0.2) is 0 Å². The molecule has 0 aliphatic carbocycles. The van der Waals surface area contributed by atoms with Gasteiger partial charge in [-0.25, -0.2) is 17.5 Å². The van der Waals surface area contributed by atoms with E-state index in [0.29, 0.717) is 18.5 Å². The number of hydrogen-bond donors (Lipinski definition) is 2. The molecule has 1 aromatic carbocycles. The fourth-order valence-corrected chi connectivity index (χ4v) is 2.44. The van der Waals surface area contributed by atoms with Crippen molar-refractivity contribution >= 4 is 10.0 Å². The minimum Gasteiger partial charge on any atom is -0.330 e. The molecule has 0 aromatic heterocycles. The van der Waals surface area contributed by atoms with E-state index in [1.54, 1.807) is 6.92 Å². The van der Waals surface area contributed by atoms with Gasteiger partial charge in [0.25, 0.3) is 0 Å². The lowest BCUT2D eigenvalue weighted by atomic mass is 10.2. The minimum atomic E-state index is -3.77. The molecule has 0 heterocycles. The molecule has 3 N–H and O–H groups in total. The van der Waals surface area contributed by atoms with Gasteiger partial charge < -0.3 is 5.73 Å². The van der Waals surface area contributed by atoms with Gasteiger partial charge in [0.05, 0.1) is 0 Å². The monoisotopic (exact) mass is 246 g/mol. The molecule has 0 fully saturated rings. The summed E-state index contributed by atoms with van der Waals surface area (Å²) < 4.78 is 39.0. The Bertz CT molecular complexity index is 460. The molecule has 1 aromatic rings. The first kappa shape index (κ1) is 13.1. The second-order valence-corrected chi connectivity index (χ2v) is 5.21. The fourth-order valence-electron chi connectivity index (χ4n) is 1.20. The van der Waals surface area contributed by atoms with E-state index >= 15 is 0 Å². The molecule has 0 saturated heterocycles. The average Bonchev–Trinajstić information content (AvgIpc) is 2.22. The lowest BCUT2D eigenvalue weighted by Gasteiger charge is -2.07. The van der Waals surface area contributed by atoms with Crippen molar-refractivity contribution in [3.63, 3.8) is 0 Å². The summed E-state index contributed by atoms with van der Waals surface area (Å²) in [5, 5.41) is 0. The zero-order valence-corrected chi connectivity index (χ0v) is 9.85. The van der Waals surface area contributed by atoms with E-state index in [9.17, 15) is 12.8 Å². The highest BCUT2D eigenvalue weighted by Crippen LogP contribution is 2.15. The van der Waals surface area contributed by atoms with Crippen molar-refractivity contribution in [2.24, 2.45) is 5.73 Å². The first-order valence-corrected chi connectivity index (χ1v) is 6.41. The van der Waals surface area contributed by atoms with Crippen LogP contribution in [0.5, 0.6) is 0 Å². The van der Waals surface area contributed by atoms with Crippen LogP contribution in [0.15, 0.2) is 23.1 Å². The molecule has 0 aliphatic rings. The number of benzene rings is 1. The number of sulfonamides is 1. The predicted octanol–water partition coefficient (Wildman–Crippen LogP) is 0.761. The highest BCUT2D eigenvalue weighted by Gasteiger charge is 2.18. The fraction of sp³-hybridized carbons (Fsp3) is 0.400. The molecule has 0 amide bonds. The van der Waals surface area contributed by atoms with Crippen LogP contribution in [-0.4, -0.2) is 21.5 Å². The van der Waals surface area contributed by atoms with E-state index in [4.69, 9.17) is 5.73 Å². The van der Waals surface area contributed by atoms with Gasteiger partial charge in [-0.15, -0.1) is 0 Å². The Kier molecular flexibility index (Phi) is 4.40. The second kappa shape index (κ2) is 5.38. The molecule has 6 heteroatoms. The summed E-state index contributed by atoms with van der Waals surface area (Å²) in [6, 6.07) is 3.97. The summed E-state index contributed by atoms with van der Waals surface area (Å²) in [5.41, 5.74) is 5.94. The van der Waals surface area contributed by atoms with Gasteiger partial charge in [-0.1, -0.05) is 6.07 Å². The lowest BCUT2D eigenvalue weighted by Crippen LogP contribution is -2.27. The van der Waals surface area contributed by atoms with Crippen molar-refractivity contribution in [2.45, 2.75) is 18.2 Å². The number of nitrogens with two attached hydrogens (primary N) is 1. The van der Waals surface area contributed by atoms with Crippen LogP contribution in [0, 0.1) is 12.7 Å². The maximum absolute atomic E-state index is 13.3. The summed E-state index contributed by atoms with van der Waals surface area (Å²) in [6.45, 7) is 2.31. The third kappa shape index (κ3) is 3.26. The number of halogens is 1. The highest BCUT2D eigenvalue weighted by molar-refractivity contribution is 7.89. The molecule has 1 rings (SSSR count). The predicted molar refractivity (Wildman–Crippen MR) is 60.0 cm³/mol. The van der Waals surface area contributed by atoms with Crippen LogP contribution in [0.25, 0.3) is 0 Å². The van der Waals surface area contributed by atoms with E-state index in [1.807, 2.05) is 0 Å². The third-order valence-electron chi connectivity index (χ3n) is 2.05. The van der Waals surface area contributed by atoms with E-state index in [0.717, 1.165) is 6.07 Å². The van der Waals surface area contributed by atoms with Gasteiger partial charge in [0.1, 0.15) is 10.7 Å². The van der Waals surface area contributed by atoms with E-state index in [2.05, 4.69) is 4.72 Å². The quantitative estimate of drug-likeness (QED) is 0.753. The largest absolute Gasteiger partial charge is 0.330 e. The first-order valence-electron chi connectivity index (χ1n) is 4.93. The molecule has 0 saturated carbocycles. The normalized spacial score (nSPS) is 11.7. The number of nitrogens with one attached hydrogen (secondary N) is 1. The summed E-state index contributed by atoms with van der Waals surface area (Å²) in [5.74, 6) is -0.745. The Morgan fingerprint density at radius 1 is 1.44 bits per heavy atom. The summed E-state index contributed by atoms with van der Waals surface area (Å²) >= 11 is 0. The van der Waals surface area contributed by atoms with Crippen LogP contribution in [0.4, 0.5) is 4.39 Å². The molecule has 0 atom stereocenters. The van der Waals surface area contributed by atoms with Gasteiger partial charge in [-0.05, 0) is 37.6 Å². The number of rotatable bonds is 5. The molecular weight excluding hydrogens is 231 g/mol. The van der Waals surface area contributed by atoms with E-state index in [1.165, 1.54) is 12.1 Å². The number of hydrogen-bond acceptors (Lipinski definition) is 3. The van der Waals surface area contributed by atoms with Crippen LogP contribution in [0.1, 0.15) is 12.0 Å². The molecule has 0 unspecified atom stereocenters. The molecule has 0 radical (unpaired) electrons. The standard InChI is InChI=1S/C10H15FN2O2S/c1-8-3-4-9(11)10(7-8)16(14,15)13-6-2-5-12/h3-4,7,13H,2,5-6,12H2,1H3. The highest BCUT2D eigenvalue weighted by atomic mass is 32.2. The van der Waals surface area contributed by atoms with E-state index in [-0.39, 0.29) is 11.4 Å². The zero-order valence-electron chi connectivity index (χ0n) is 9.03. The van der Waals surface area contributed by atoms with Crippen molar-refractivity contribution in [3.05, 3.63) is 29.6 Å². The Hall–Kier alpha value is -0.980. The molecule has 16 heavy (non-hydrogen) atoms. The van der Waals surface area contributed by atoms with Gasteiger partial charge in [-0.2, -0.15) is 0 Å². The molecule has 90 valence electrons. The van der Waals surface area contributed by atoms with Crippen LogP contribution < -0.4 is 10.5 Å². The Morgan fingerprint density at radius 2 is 2.12 bits per heavy atom. The van der Waals surface area contributed by atoms with Gasteiger partial charge in [0, 0.05) is 6.54 Å². The van der Waals surface area contributed by atoms with Gasteiger partial charge >= 0.3 is 0 Å². The van der Waals surface area contributed by atoms with Gasteiger partial charge in [0.2, 0.25) is 10.0 Å². The molecule has 0 aliphatic heterocycles. The average molecular weight is 246 g/mol. The van der Waals surface area contributed by atoms with Gasteiger partial charge in [-0.3, -0.25) is 0 Å². The van der Waals surface area contributed by atoms with Crippen molar-refractivity contribution in [2.75, 3.05) is 13.1 Å². The topological polar surface area (TPSA) is 72.2 Å². The Labute approximate surface area is 94.7 Å². The van der Waals surface area contributed by atoms with Crippen LogP contribution in [0.3, 0.4) is 0 Å². The molecule has 0 spiro atoms. The zero-order chi connectivity index (χ0) is 12.2. The van der Waals surface area contributed by atoms with Crippen molar-refractivity contribution in [1.82, 2.24) is 4.72 Å². The summed E-state index contributed by atoms with van der Waals surface area (Å²) in [7, 11) is -3.77. The van der Waals surface area contributed by atoms with E-state index < -0.39 is 15.8 Å². The van der Waals surface area contributed by atoms with Crippen molar-refractivity contribution in [3.8, 4) is 0 Å². The van der Waals surface area contributed by atoms with Crippen LogP contribution >= 0.6 is 0 Å². The van der Waals surface area contributed by atoms with Crippen LogP contribution in [0.2, 0.25) is 0 Å². The third-order valence-corrected chi connectivity index (χ3v) is 3.53. The second-order valence-electron chi connectivity index (χ2n) is 3.47. The Morgan fingerprint density at radius 3 is 2.75 bits per heavy atom. The van der Waals surface area contributed by atoms with Crippen molar-refractivity contribution < 1.29 is 12.8 Å².